The summed E-state index contributed by atoms with van der Waals surface area (Å²) in [5.41, 5.74) is 3.91. The minimum Gasteiger partial charge on any atom is -0.497 e. The van der Waals surface area contributed by atoms with Gasteiger partial charge in [-0.2, -0.15) is 5.10 Å². The van der Waals surface area contributed by atoms with Crippen LogP contribution in [0.3, 0.4) is 0 Å². The molecule has 0 radical (unpaired) electrons. The monoisotopic (exact) mass is 461 g/mol. The van der Waals surface area contributed by atoms with Gasteiger partial charge in [0.15, 0.2) is 0 Å². The fourth-order valence-electron chi connectivity index (χ4n) is 5.26. The molecule has 2 bridgehead atoms. The maximum absolute atomic E-state index is 12.9. The second-order valence-corrected chi connectivity index (χ2v) is 10.2. The van der Waals surface area contributed by atoms with Crippen molar-refractivity contribution in [2.75, 3.05) is 20.2 Å². The van der Waals surface area contributed by atoms with E-state index in [0.717, 1.165) is 64.2 Å². The highest BCUT2D eigenvalue weighted by molar-refractivity contribution is 7.22. The predicted octanol–water partition coefficient (Wildman–Crippen LogP) is 4.37. The van der Waals surface area contributed by atoms with Crippen LogP contribution in [0.2, 0.25) is 0 Å². The van der Waals surface area contributed by atoms with Crippen LogP contribution < -0.4 is 10.3 Å². The number of rotatable bonds is 5. The Labute approximate surface area is 196 Å². The number of hydrogen-bond acceptors (Lipinski definition) is 6. The maximum Gasteiger partial charge on any atom is 0.268 e. The first kappa shape index (κ1) is 20.6. The Kier molecular flexibility index (Phi) is 5.07. The molecular weight excluding hydrogens is 434 g/mol. The van der Waals surface area contributed by atoms with E-state index in [-0.39, 0.29) is 11.6 Å². The van der Waals surface area contributed by atoms with Crippen LogP contribution >= 0.6 is 11.3 Å². The van der Waals surface area contributed by atoms with Gasteiger partial charge in [0, 0.05) is 16.6 Å². The van der Waals surface area contributed by atoms with Gasteiger partial charge in [0.05, 0.1) is 30.9 Å². The number of fused-ring (bicyclic) bond motifs is 4. The van der Waals surface area contributed by atoms with E-state index in [1.165, 1.54) is 24.2 Å². The Morgan fingerprint density at radius 3 is 2.70 bits per heavy atom. The summed E-state index contributed by atoms with van der Waals surface area (Å²) in [4.78, 5) is 24.5. The lowest BCUT2D eigenvalue weighted by Gasteiger charge is -2.44. The van der Waals surface area contributed by atoms with Gasteiger partial charge in [-0.25, -0.2) is 4.98 Å². The average Bonchev–Trinajstić information content (AvgIpc) is 3.43. The molecule has 8 heteroatoms. The van der Waals surface area contributed by atoms with Gasteiger partial charge in [-0.1, -0.05) is 12.1 Å². The summed E-state index contributed by atoms with van der Waals surface area (Å²) in [6.45, 7) is 4.91. The number of aryl methyl sites for hydroxylation is 1. The van der Waals surface area contributed by atoms with Crippen molar-refractivity contribution in [3.05, 3.63) is 64.0 Å². The Hall–Kier alpha value is -2.97. The van der Waals surface area contributed by atoms with Gasteiger partial charge in [0.2, 0.25) is 0 Å². The topological polar surface area (TPSA) is 76.0 Å². The van der Waals surface area contributed by atoms with Crippen LogP contribution in [0, 0.1) is 12.8 Å². The smallest absolute Gasteiger partial charge is 0.268 e. The molecule has 33 heavy (non-hydrogen) atoms. The summed E-state index contributed by atoms with van der Waals surface area (Å²) in [5, 5.41) is 4.71. The standard InChI is InChI=1S/C25H27N5O2S/c1-15-19(14-30(28-15)13-17-3-5-18(32-2)6-4-17)22-12-20-23(33-22)25(31)27-24(26-20)21-11-16-7-9-29(21)10-8-16/h3-6,12,14,16,21H,7-11,13H2,1-2H3,(H,26,27,31). The lowest BCUT2D eigenvalue weighted by atomic mass is 9.83. The van der Waals surface area contributed by atoms with Gasteiger partial charge in [-0.3, -0.25) is 14.4 Å². The number of nitrogens with one attached hydrogen (secondary N) is 1. The molecule has 7 nitrogen and oxygen atoms in total. The summed E-state index contributed by atoms with van der Waals surface area (Å²) >= 11 is 1.50. The molecule has 0 aliphatic carbocycles. The SMILES string of the molecule is COc1ccc(Cn2cc(-c3cc4nc(C5CC6CCN5CC6)[nH]c(=O)c4s3)c(C)n2)cc1. The number of nitrogens with zero attached hydrogens (tertiary/aromatic N) is 4. The third-order valence-electron chi connectivity index (χ3n) is 7.08. The van der Waals surface area contributed by atoms with Crippen molar-refractivity contribution in [2.45, 2.75) is 38.8 Å². The fraction of sp³-hybridized carbons (Fsp3) is 0.400. The van der Waals surface area contributed by atoms with Crippen LogP contribution in [0.5, 0.6) is 5.75 Å². The zero-order valence-corrected chi connectivity index (χ0v) is 19.7. The number of ether oxygens (including phenoxy) is 1. The van der Waals surface area contributed by atoms with Gasteiger partial charge in [-0.05, 0) is 69.0 Å². The number of hydrogen-bond donors (Lipinski definition) is 1. The normalized spacial score (nSPS) is 22.2. The van der Waals surface area contributed by atoms with Crippen molar-refractivity contribution in [3.63, 3.8) is 0 Å². The molecular formula is C25H27N5O2S. The minimum atomic E-state index is -0.0304. The van der Waals surface area contributed by atoms with Crippen LogP contribution in [-0.2, 0) is 6.54 Å². The fourth-order valence-corrected chi connectivity index (χ4v) is 6.31. The molecule has 1 atom stereocenters. The van der Waals surface area contributed by atoms with Gasteiger partial charge in [0.25, 0.3) is 5.56 Å². The largest absolute Gasteiger partial charge is 0.497 e. The molecule has 6 heterocycles. The van der Waals surface area contributed by atoms with E-state index in [1.54, 1.807) is 7.11 Å². The van der Waals surface area contributed by atoms with Crippen molar-refractivity contribution >= 4 is 21.6 Å². The van der Waals surface area contributed by atoms with E-state index in [9.17, 15) is 4.79 Å². The van der Waals surface area contributed by atoms with E-state index in [2.05, 4.69) is 22.1 Å². The van der Waals surface area contributed by atoms with Crippen LogP contribution in [0.1, 0.15) is 42.4 Å². The second kappa shape index (κ2) is 8.11. The molecule has 1 aromatic carbocycles. The van der Waals surface area contributed by atoms with Crippen LogP contribution in [0.4, 0.5) is 0 Å². The molecule has 3 saturated heterocycles. The van der Waals surface area contributed by atoms with Crippen LogP contribution in [-0.4, -0.2) is 44.8 Å². The Morgan fingerprint density at radius 2 is 2.00 bits per heavy atom. The Balaban J connectivity index is 1.30. The number of benzene rings is 1. The zero-order valence-electron chi connectivity index (χ0n) is 18.9. The summed E-state index contributed by atoms with van der Waals surface area (Å²) in [6, 6.07) is 10.3. The van der Waals surface area contributed by atoms with E-state index in [4.69, 9.17) is 14.8 Å². The third kappa shape index (κ3) is 3.77. The predicted molar refractivity (Wildman–Crippen MR) is 130 cm³/mol. The van der Waals surface area contributed by atoms with Crippen molar-refractivity contribution in [2.24, 2.45) is 5.92 Å². The zero-order chi connectivity index (χ0) is 22.5. The minimum absolute atomic E-state index is 0.0304. The lowest BCUT2D eigenvalue weighted by Crippen LogP contribution is -2.44. The van der Waals surface area contributed by atoms with E-state index in [1.807, 2.05) is 35.9 Å². The van der Waals surface area contributed by atoms with Crippen molar-refractivity contribution in [1.82, 2.24) is 24.6 Å². The lowest BCUT2D eigenvalue weighted by molar-refractivity contribution is 0.0445. The van der Waals surface area contributed by atoms with Gasteiger partial charge in [0.1, 0.15) is 16.3 Å². The number of aromatic nitrogens is 4. The molecule has 4 aromatic rings. The molecule has 7 rings (SSSR count). The number of H-pyrrole nitrogens is 1. The number of piperidine rings is 3. The van der Waals surface area contributed by atoms with Crippen molar-refractivity contribution in [3.8, 4) is 16.2 Å². The van der Waals surface area contributed by atoms with E-state index < -0.39 is 0 Å². The Bertz CT molecular complexity index is 1360. The highest BCUT2D eigenvalue weighted by atomic mass is 32.1. The molecule has 3 aliphatic rings. The molecule has 0 spiro atoms. The first-order chi connectivity index (χ1) is 16.1. The molecule has 3 fully saturated rings. The first-order valence-corrected chi connectivity index (χ1v) is 12.3. The molecule has 0 saturated carbocycles. The van der Waals surface area contributed by atoms with Gasteiger partial charge in [-0.15, -0.1) is 11.3 Å². The molecule has 0 amide bonds. The molecule has 1 N–H and O–H groups in total. The summed E-state index contributed by atoms with van der Waals surface area (Å²) in [5.74, 6) is 2.43. The number of methoxy groups -OCH3 is 1. The highest BCUT2D eigenvalue weighted by Crippen LogP contribution is 2.40. The summed E-state index contributed by atoms with van der Waals surface area (Å²) in [6.07, 6.45) is 5.70. The summed E-state index contributed by atoms with van der Waals surface area (Å²) < 4.78 is 7.88. The highest BCUT2D eigenvalue weighted by Gasteiger charge is 2.36. The van der Waals surface area contributed by atoms with Crippen LogP contribution in [0.25, 0.3) is 20.7 Å². The van der Waals surface area contributed by atoms with E-state index in [0.29, 0.717) is 11.2 Å². The number of thiophene rings is 1. The molecule has 170 valence electrons. The van der Waals surface area contributed by atoms with Crippen molar-refractivity contribution < 1.29 is 4.74 Å². The third-order valence-corrected chi connectivity index (χ3v) is 8.24. The second-order valence-electron chi connectivity index (χ2n) is 9.18. The van der Waals surface area contributed by atoms with Gasteiger partial charge < -0.3 is 9.72 Å². The quantitative estimate of drug-likeness (QED) is 0.478. The average molecular weight is 462 g/mol. The van der Waals surface area contributed by atoms with Crippen LogP contribution in [0.15, 0.2) is 41.3 Å². The first-order valence-electron chi connectivity index (χ1n) is 11.5. The molecule has 1 unspecified atom stereocenters. The number of aromatic amines is 1. The summed E-state index contributed by atoms with van der Waals surface area (Å²) in [7, 11) is 1.67. The Morgan fingerprint density at radius 1 is 1.21 bits per heavy atom. The van der Waals surface area contributed by atoms with Crippen molar-refractivity contribution in [1.29, 1.82) is 0 Å². The van der Waals surface area contributed by atoms with Gasteiger partial charge >= 0.3 is 0 Å². The van der Waals surface area contributed by atoms with E-state index >= 15 is 0 Å². The maximum atomic E-state index is 12.9. The molecule has 3 aromatic heterocycles. The molecule has 3 aliphatic heterocycles.